The molecule has 1 fully saturated rings. The minimum absolute atomic E-state index is 0.292. The Morgan fingerprint density at radius 3 is 2.72 bits per heavy atom. The SMILES string of the molecule is CC[C@@H]1CC[C@H](C)N1C(=O)CSc1ccccc1. The van der Waals surface area contributed by atoms with E-state index in [1.165, 1.54) is 11.3 Å². The summed E-state index contributed by atoms with van der Waals surface area (Å²) in [6.45, 7) is 4.34. The Labute approximate surface area is 114 Å². The molecule has 1 aromatic carbocycles. The van der Waals surface area contributed by atoms with E-state index in [-0.39, 0.29) is 0 Å². The topological polar surface area (TPSA) is 20.3 Å². The first-order valence-electron chi connectivity index (χ1n) is 6.71. The van der Waals surface area contributed by atoms with E-state index in [9.17, 15) is 4.79 Å². The zero-order valence-electron chi connectivity index (χ0n) is 11.1. The van der Waals surface area contributed by atoms with Crippen LogP contribution in [0.4, 0.5) is 0 Å². The minimum atomic E-state index is 0.292. The number of thioether (sulfide) groups is 1. The summed E-state index contributed by atoms with van der Waals surface area (Å²) in [5.74, 6) is 0.853. The van der Waals surface area contributed by atoms with Crippen LogP contribution in [-0.2, 0) is 4.79 Å². The van der Waals surface area contributed by atoms with E-state index >= 15 is 0 Å². The number of likely N-dealkylation sites (tertiary alicyclic amines) is 1. The number of nitrogens with zero attached hydrogens (tertiary/aromatic N) is 1. The van der Waals surface area contributed by atoms with Gasteiger partial charge in [0.2, 0.25) is 5.91 Å². The highest BCUT2D eigenvalue weighted by molar-refractivity contribution is 8.00. The van der Waals surface area contributed by atoms with Gasteiger partial charge in [-0.05, 0) is 38.3 Å². The Morgan fingerprint density at radius 2 is 2.06 bits per heavy atom. The van der Waals surface area contributed by atoms with Crippen LogP contribution in [0.5, 0.6) is 0 Å². The molecule has 0 saturated carbocycles. The van der Waals surface area contributed by atoms with E-state index in [0.29, 0.717) is 23.7 Å². The zero-order valence-corrected chi connectivity index (χ0v) is 12.0. The molecule has 1 aliphatic rings. The summed E-state index contributed by atoms with van der Waals surface area (Å²) in [6, 6.07) is 11.0. The van der Waals surface area contributed by atoms with Crippen molar-refractivity contribution in [3.05, 3.63) is 30.3 Å². The fourth-order valence-electron chi connectivity index (χ4n) is 2.66. The summed E-state index contributed by atoms with van der Waals surface area (Å²) in [6.07, 6.45) is 3.39. The third-order valence-electron chi connectivity index (χ3n) is 3.65. The number of benzene rings is 1. The fraction of sp³-hybridized carbons (Fsp3) is 0.533. The van der Waals surface area contributed by atoms with Crippen LogP contribution in [-0.4, -0.2) is 28.6 Å². The molecule has 0 N–H and O–H groups in total. The maximum atomic E-state index is 12.3. The lowest BCUT2D eigenvalue weighted by molar-refractivity contribution is -0.130. The van der Waals surface area contributed by atoms with Crippen LogP contribution >= 0.6 is 11.8 Å². The highest BCUT2D eigenvalue weighted by Crippen LogP contribution is 2.27. The van der Waals surface area contributed by atoms with Gasteiger partial charge in [-0.3, -0.25) is 4.79 Å². The van der Waals surface area contributed by atoms with Gasteiger partial charge in [-0.1, -0.05) is 25.1 Å². The van der Waals surface area contributed by atoms with Gasteiger partial charge in [0.1, 0.15) is 0 Å². The highest BCUT2D eigenvalue weighted by atomic mass is 32.2. The van der Waals surface area contributed by atoms with Crippen molar-refractivity contribution in [1.82, 2.24) is 4.90 Å². The van der Waals surface area contributed by atoms with Gasteiger partial charge in [-0.15, -0.1) is 11.8 Å². The van der Waals surface area contributed by atoms with Gasteiger partial charge in [0, 0.05) is 17.0 Å². The van der Waals surface area contributed by atoms with Crippen LogP contribution in [0.2, 0.25) is 0 Å². The second kappa shape index (κ2) is 6.28. The summed E-state index contributed by atoms with van der Waals surface area (Å²) >= 11 is 1.64. The van der Waals surface area contributed by atoms with E-state index in [4.69, 9.17) is 0 Å². The van der Waals surface area contributed by atoms with Crippen molar-refractivity contribution in [3.8, 4) is 0 Å². The molecule has 0 radical (unpaired) electrons. The lowest BCUT2D eigenvalue weighted by atomic mass is 10.1. The number of carbonyl (C=O) groups excluding carboxylic acids is 1. The van der Waals surface area contributed by atoms with Crippen molar-refractivity contribution >= 4 is 17.7 Å². The molecular formula is C15H21NOS. The number of rotatable bonds is 4. The Hall–Kier alpha value is -0.960. The Balaban J connectivity index is 1.91. The minimum Gasteiger partial charge on any atom is -0.336 e. The third-order valence-corrected chi connectivity index (χ3v) is 4.65. The first-order chi connectivity index (χ1) is 8.72. The monoisotopic (exact) mass is 263 g/mol. The zero-order chi connectivity index (χ0) is 13.0. The first-order valence-corrected chi connectivity index (χ1v) is 7.70. The molecule has 1 saturated heterocycles. The van der Waals surface area contributed by atoms with Crippen molar-refractivity contribution in [1.29, 1.82) is 0 Å². The standard InChI is InChI=1S/C15H21NOS/c1-3-13-10-9-12(2)16(13)15(17)11-18-14-7-5-4-6-8-14/h4-8,12-13H,3,9-11H2,1-2H3/t12-,13+/m0/s1. The van der Waals surface area contributed by atoms with Gasteiger partial charge in [-0.2, -0.15) is 0 Å². The van der Waals surface area contributed by atoms with Crippen molar-refractivity contribution in [3.63, 3.8) is 0 Å². The lowest BCUT2D eigenvalue weighted by Gasteiger charge is -2.27. The Bertz CT molecular complexity index is 393. The maximum Gasteiger partial charge on any atom is 0.233 e. The molecule has 1 heterocycles. The molecule has 1 aromatic rings. The number of carbonyl (C=O) groups is 1. The first kappa shape index (κ1) is 13.5. The summed E-state index contributed by atoms with van der Waals surface area (Å²) in [5.41, 5.74) is 0. The average Bonchev–Trinajstić information content (AvgIpc) is 2.78. The molecule has 0 aliphatic carbocycles. The molecule has 2 rings (SSSR count). The molecule has 98 valence electrons. The molecule has 0 spiro atoms. The molecule has 0 bridgehead atoms. The largest absolute Gasteiger partial charge is 0.336 e. The summed E-state index contributed by atoms with van der Waals surface area (Å²) in [5, 5.41) is 0. The average molecular weight is 263 g/mol. The molecule has 1 amide bonds. The summed E-state index contributed by atoms with van der Waals surface area (Å²) in [7, 11) is 0. The molecule has 1 aliphatic heterocycles. The van der Waals surface area contributed by atoms with Gasteiger partial charge in [0.25, 0.3) is 0 Å². The smallest absolute Gasteiger partial charge is 0.233 e. The van der Waals surface area contributed by atoms with Crippen LogP contribution < -0.4 is 0 Å². The van der Waals surface area contributed by atoms with Crippen molar-refractivity contribution in [2.45, 2.75) is 50.1 Å². The highest BCUT2D eigenvalue weighted by Gasteiger charge is 2.32. The van der Waals surface area contributed by atoms with Gasteiger partial charge in [0.05, 0.1) is 5.75 Å². The lowest BCUT2D eigenvalue weighted by Crippen LogP contribution is -2.40. The van der Waals surface area contributed by atoms with Crippen LogP contribution in [0.3, 0.4) is 0 Å². The van der Waals surface area contributed by atoms with Crippen LogP contribution in [0, 0.1) is 0 Å². The second-order valence-corrected chi connectivity index (χ2v) is 5.94. The van der Waals surface area contributed by atoms with E-state index < -0.39 is 0 Å². The molecular weight excluding hydrogens is 242 g/mol. The van der Waals surface area contributed by atoms with Crippen LogP contribution in [0.15, 0.2) is 35.2 Å². The van der Waals surface area contributed by atoms with Gasteiger partial charge in [-0.25, -0.2) is 0 Å². The van der Waals surface area contributed by atoms with Crippen LogP contribution in [0.25, 0.3) is 0 Å². The maximum absolute atomic E-state index is 12.3. The molecule has 0 aromatic heterocycles. The van der Waals surface area contributed by atoms with Crippen molar-refractivity contribution in [2.24, 2.45) is 0 Å². The van der Waals surface area contributed by atoms with Crippen molar-refractivity contribution in [2.75, 3.05) is 5.75 Å². The van der Waals surface area contributed by atoms with Gasteiger partial charge >= 0.3 is 0 Å². The van der Waals surface area contributed by atoms with E-state index in [0.717, 1.165) is 12.8 Å². The molecule has 18 heavy (non-hydrogen) atoms. The molecule has 3 heteroatoms. The predicted molar refractivity (Wildman–Crippen MR) is 76.8 cm³/mol. The van der Waals surface area contributed by atoms with Crippen LogP contribution in [0.1, 0.15) is 33.1 Å². The molecule has 2 nitrogen and oxygen atoms in total. The predicted octanol–water partition coefficient (Wildman–Crippen LogP) is 3.57. The number of amides is 1. The van der Waals surface area contributed by atoms with Crippen molar-refractivity contribution < 1.29 is 4.79 Å². The van der Waals surface area contributed by atoms with E-state index in [1.54, 1.807) is 11.8 Å². The van der Waals surface area contributed by atoms with Gasteiger partial charge < -0.3 is 4.90 Å². The van der Waals surface area contributed by atoms with Gasteiger partial charge in [0.15, 0.2) is 0 Å². The summed E-state index contributed by atoms with van der Waals surface area (Å²) in [4.78, 5) is 15.6. The fourth-order valence-corrected chi connectivity index (χ4v) is 3.45. The Morgan fingerprint density at radius 1 is 1.33 bits per heavy atom. The quantitative estimate of drug-likeness (QED) is 0.774. The normalized spacial score (nSPS) is 23.3. The Kier molecular flexibility index (Phi) is 4.70. The number of hydrogen-bond acceptors (Lipinski definition) is 2. The third kappa shape index (κ3) is 3.08. The second-order valence-electron chi connectivity index (χ2n) is 4.89. The molecule has 0 unspecified atom stereocenters. The van der Waals surface area contributed by atoms with E-state index in [2.05, 4.69) is 30.9 Å². The number of hydrogen-bond donors (Lipinski definition) is 0. The summed E-state index contributed by atoms with van der Waals surface area (Å²) < 4.78 is 0. The molecule has 2 atom stereocenters. The van der Waals surface area contributed by atoms with E-state index in [1.807, 2.05) is 18.2 Å².